The predicted octanol–water partition coefficient (Wildman–Crippen LogP) is 2.13. The maximum Gasteiger partial charge on any atom is 0.257 e. The molecule has 1 aliphatic rings. The van der Waals surface area contributed by atoms with Crippen LogP contribution in [0.15, 0.2) is 24.3 Å². The van der Waals surface area contributed by atoms with Gasteiger partial charge in [-0.2, -0.15) is 5.10 Å². The van der Waals surface area contributed by atoms with Crippen LogP contribution >= 0.6 is 0 Å². The number of benzene rings is 1. The van der Waals surface area contributed by atoms with Gasteiger partial charge in [0.05, 0.1) is 16.9 Å². The summed E-state index contributed by atoms with van der Waals surface area (Å²) >= 11 is 0. The van der Waals surface area contributed by atoms with Gasteiger partial charge in [0.1, 0.15) is 5.82 Å². The van der Waals surface area contributed by atoms with E-state index in [1.54, 1.807) is 12.1 Å². The highest BCUT2D eigenvalue weighted by Crippen LogP contribution is 2.21. The fraction of sp³-hybridized carbons (Fsp3) is 0.375. The van der Waals surface area contributed by atoms with Crippen molar-refractivity contribution in [1.82, 2.24) is 15.1 Å². The first kappa shape index (κ1) is 14.6. The van der Waals surface area contributed by atoms with E-state index in [0.29, 0.717) is 37.4 Å². The monoisotopic (exact) mass is 302 g/mol. The fourth-order valence-corrected chi connectivity index (χ4v) is 2.88. The number of piperazine rings is 1. The predicted molar refractivity (Wildman–Crippen MR) is 82.6 cm³/mol. The lowest BCUT2D eigenvalue weighted by atomic mass is 10.1. The quantitative estimate of drug-likeness (QED) is 0.924. The van der Waals surface area contributed by atoms with Crippen molar-refractivity contribution in [2.75, 3.05) is 31.1 Å². The summed E-state index contributed by atoms with van der Waals surface area (Å²) in [6.45, 7) is 6.09. The third-order valence-corrected chi connectivity index (χ3v) is 4.10. The minimum absolute atomic E-state index is 0.00284. The summed E-state index contributed by atoms with van der Waals surface area (Å²) in [6.07, 6.45) is 0. The topological polar surface area (TPSA) is 52.2 Å². The molecule has 0 aliphatic carbocycles. The number of aromatic amines is 1. The summed E-state index contributed by atoms with van der Waals surface area (Å²) in [5, 5.41) is 6.92. The SMILES string of the molecule is Cc1n[nH]c(C)c1C(=O)N1CCN(c2ccccc2F)CC1. The molecule has 1 amide bonds. The third kappa shape index (κ3) is 2.56. The van der Waals surface area contributed by atoms with E-state index in [2.05, 4.69) is 10.2 Å². The van der Waals surface area contributed by atoms with Crippen LogP contribution in [0.2, 0.25) is 0 Å². The second-order valence-corrected chi connectivity index (χ2v) is 5.54. The number of H-pyrrole nitrogens is 1. The van der Waals surface area contributed by atoms with Gasteiger partial charge in [0, 0.05) is 31.9 Å². The number of carbonyl (C=O) groups excluding carboxylic acids is 1. The van der Waals surface area contributed by atoms with Gasteiger partial charge in [-0.1, -0.05) is 12.1 Å². The van der Waals surface area contributed by atoms with Crippen LogP contribution in [0.1, 0.15) is 21.7 Å². The van der Waals surface area contributed by atoms with Crippen molar-refractivity contribution < 1.29 is 9.18 Å². The number of para-hydroxylation sites is 1. The van der Waals surface area contributed by atoms with Gasteiger partial charge in [-0.25, -0.2) is 4.39 Å². The molecule has 0 unspecified atom stereocenters. The summed E-state index contributed by atoms with van der Waals surface area (Å²) in [7, 11) is 0. The Labute approximate surface area is 128 Å². The highest BCUT2D eigenvalue weighted by atomic mass is 19.1. The van der Waals surface area contributed by atoms with Gasteiger partial charge in [-0.15, -0.1) is 0 Å². The van der Waals surface area contributed by atoms with Gasteiger partial charge in [-0.3, -0.25) is 9.89 Å². The zero-order chi connectivity index (χ0) is 15.7. The highest BCUT2D eigenvalue weighted by molar-refractivity contribution is 5.96. The second kappa shape index (κ2) is 5.79. The van der Waals surface area contributed by atoms with Crippen molar-refractivity contribution in [2.24, 2.45) is 0 Å². The molecule has 1 aromatic heterocycles. The lowest BCUT2D eigenvalue weighted by Crippen LogP contribution is -2.49. The van der Waals surface area contributed by atoms with Crippen LogP contribution < -0.4 is 4.90 Å². The molecule has 3 rings (SSSR count). The minimum atomic E-state index is -0.219. The second-order valence-electron chi connectivity index (χ2n) is 5.54. The summed E-state index contributed by atoms with van der Waals surface area (Å²) in [5.41, 5.74) is 2.77. The van der Waals surface area contributed by atoms with Gasteiger partial charge >= 0.3 is 0 Å². The van der Waals surface area contributed by atoms with Crippen LogP contribution in [-0.4, -0.2) is 47.2 Å². The van der Waals surface area contributed by atoms with Crippen LogP contribution in [0.25, 0.3) is 0 Å². The van der Waals surface area contributed by atoms with E-state index in [0.717, 1.165) is 11.4 Å². The largest absolute Gasteiger partial charge is 0.366 e. The van der Waals surface area contributed by atoms with Gasteiger partial charge in [-0.05, 0) is 26.0 Å². The zero-order valence-electron chi connectivity index (χ0n) is 12.8. The number of hydrogen-bond acceptors (Lipinski definition) is 3. The molecular weight excluding hydrogens is 283 g/mol. The molecule has 6 heteroatoms. The molecule has 0 radical (unpaired) electrons. The number of amides is 1. The first-order valence-electron chi connectivity index (χ1n) is 7.38. The molecule has 1 aromatic carbocycles. The molecule has 0 bridgehead atoms. The summed E-state index contributed by atoms with van der Waals surface area (Å²) < 4.78 is 13.8. The zero-order valence-corrected chi connectivity index (χ0v) is 12.8. The van der Waals surface area contributed by atoms with Crippen molar-refractivity contribution in [3.8, 4) is 0 Å². The van der Waals surface area contributed by atoms with Crippen LogP contribution in [0.5, 0.6) is 0 Å². The van der Waals surface area contributed by atoms with Crippen molar-refractivity contribution >= 4 is 11.6 Å². The Morgan fingerprint density at radius 1 is 1.18 bits per heavy atom. The van der Waals surface area contributed by atoms with Gasteiger partial charge in [0.25, 0.3) is 5.91 Å². The molecule has 2 heterocycles. The van der Waals surface area contributed by atoms with E-state index in [4.69, 9.17) is 0 Å². The Morgan fingerprint density at radius 3 is 2.45 bits per heavy atom. The summed E-state index contributed by atoms with van der Waals surface area (Å²) in [6, 6.07) is 6.75. The number of hydrogen-bond donors (Lipinski definition) is 1. The summed E-state index contributed by atoms with van der Waals surface area (Å²) in [4.78, 5) is 16.4. The van der Waals surface area contributed by atoms with Crippen molar-refractivity contribution in [1.29, 1.82) is 0 Å². The Morgan fingerprint density at radius 2 is 1.86 bits per heavy atom. The van der Waals surface area contributed by atoms with Gasteiger partial charge < -0.3 is 9.80 Å². The molecule has 1 N–H and O–H groups in total. The maximum atomic E-state index is 13.8. The highest BCUT2D eigenvalue weighted by Gasteiger charge is 2.26. The standard InChI is InChI=1S/C16H19FN4O/c1-11-15(12(2)19-18-11)16(22)21-9-7-20(8-10-21)14-6-4-3-5-13(14)17/h3-6H,7-10H2,1-2H3,(H,18,19). The molecule has 22 heavy (non-hydrogen) atoms. The van der Waals surface area contributed by atoms with E-state index in [-0.39, 0.29) is 11.7 Å². The van der Waals surface area contributed by atoms with Gasteiger partial charge in [0.2, 0.25) is 0 Å². The van der Waals surface area contributed by atoms with Crippen LogP contribution in [0, 0.1) is 19.7 Å². The first-order valence-corrected chi connectivity index (χ1v) is 7.38. The molecule has 1 fully saturated rings. The lowest BCUT2D eigenvalue weighted by molar-refractivity contribution is 0.0745. The molecule has 0 spiro atoms. The van der Waals surface area contributed by atoms with Gasteiger partial charge in [0.15, 0.2) is 0 Å². The van der Waals surface area contributed by atoms with Crippen LogP contribution in [-0.2, 0) is 0 Å². The Hall–Kier alpha value is -2.37. The Balaban J connectivity index is 1.70. The molecule has 0 saturated carbocycles. The fourth-order valence-electron chi connectivity index (χ4n) is 2.88. The molecule has 1 aliphatic heterocycles. The minimum Gasteiger partial charge on any atom is -0.366 e. The molecule has 1 saturated heterocycles. The smallest absolute Gasteiger partial charge is 0.257 e. The van der Waals surface area contributed by atoms with E-state index < -0.39 is 0 Å². The number of nitrogens with one attached hydrogen (secondary N) is 1. The normalized spacial score (nSPS) is 15.2. The van der Waals surface area contributed by atoms with E-state index >= 15 is 0 Å². The average Bonchev–Trinajstić information content (AvgIpc) is 2.86. The first-order chi connectivity index (χ1) is 10.6. The Kier molecular flexibility index (Phi) is 3.83. The third-order valence-electron chi connectivity index (χ3n) is 4.10. The molecular formula is C16H19FN4O. The van der Waals surface area contributed by atoms with E-state index in [1.807, 2.05) is 29.7 Å². The molecule has 2 aromatic rings. The lowest BCUT2D eigenvalue weighted by Gasteiger charge is -2.36. The number of carbonyl (C=O) groups is 1. The summed E-state index contributed by atoms with van der Waals surface area (Å²) in [5.74, 6) is -0.222. The number of halogens is 1. The van der Waals surface area contributed by atoms with Crippen molar-refractivity contribution in [3.63, 3.8) is 0 Å². The van der Waals surface area contributed by atoms with E-state index in [1.165, 1.54) is 6.07 Å². The number of aromatic nitrogens is 2. The number of nitrogens with zero attached hydrogens (tertiary/aromatic N) is 3. The number of rotatable bonds is 2. The average molecular weight is 302 g/mol. The molecule has 0 atom stereocenters. The van der Waals surface area contributed by atoms with Crippen molar-refractivity contribution in [3.05, 3.63) is 47.0 Å². The van der Waals surface area contributed by atoms with Crippen LogP contribution in [0.4, 0.5) is 10.1 Å². The van der Waals surface area contributed by atoms with E-state index in [9.17, 15) is 9.18 Å². The molecule has 5 nitrogen and oxygen atoms in total. The Bertz CT molecular complexity index is 670. The van der Waals surface area contributed by atoms with Crippen LogP contribution in [0.3, 0.4) is 0 Å². The number of anilines is 1. The molecule has 116 valence electrons. The van der Waals surface area contributed by atoms with Crippen molar-refractivity contribution in [2.45, 2.75) is 13.8 Å². The number of aryl methyl sites for hydroxylation is 2. The maximum absolute atomic E-state index is 13.8.